The molecule has 0 saturated carbocycles. The number of furan rings is 1. The average Bonchev–Trinajstić information content (AvgIpc) is 3.17. The number of esters is 1. The number of sulfonamides is 1. The Labute approximate surface area is 189 Å². The van der Waals surface area contributed by atoms with Gasteiger partial charge in [-0.1, -0.05) is 6.07 Å². The molecule has 0 amide bonds. The maximum absolute atomic E-state index is 13.0. The molecule has 1 saturated heterocycles. The molecule has 1 aromatic heterocycles. The zero-order valence-corrected chi connectivity index (χ0v) is 19.9. The van der Waals surface area contributed by atoms with E-state index in [0.717, 1.165) is 32.6 Å². The van der Waals surface area contributed by atoms with Gasteiger partial charge < -0.3 is 19.0 Å². The topological polar surface area (TPSA) is 92.1 Å². The van der Waals surface area contributed by atoms with E-state index in [1.165, 1.54) is 35.6 Å². The first kappa shape index (κ1) is 22.8. The lowest BCUT2D eigenvalue weighted by Gasteiger charge is -2.37. The number of piperazine rings is 1. The molecule has 32 heavy (non-hydrogen) atoms. The van der Waals surface area contributed by atoms with E-state index in [9.17, 15) is 13.2 Å². The van der Waals surface area contributed by atoms with E-state index in [0.29, 0.717) is 12.8 Å². The van der Waals surface area contributed by atoms with Crippen LogP contribution in [0.5, 0.6) is 0 Å². The minimum absolute atomic E-state index is 0.120. The number of nitrogens with one attached hydrogen (secondary N) is 1. The van der Waals surface area contributed by atoms with Crippen molar-refractivity contribution in [1.82, 2.24) is 9.62 Å². The van der Waals surface area contributed by atoms with Crippen molar-refractivity contribution in [1.29, 1.82) is 0 Å². The Kier molecular flexibility index (Phi) is 6.33. The zero-order valence-electron chi connectivity index (χ0n) is 19.1. The summed E-state index contributed by atoms with van der Waals surface area (Å²) in [5, 5.41) is -0.260. The smallest absolute Gasteiger partial charge is 0.341 e. The Morgan fingerprint density at radius 1 is 1.16 bits per heavy atom. The molecule has 8 nitrogen and oxygen atoms in total. The van der Waals surface area contributed by atoms with Crippen molar-refractivity contribution in [2.45, 2.75) is 44.2 Å². The normalized spacial score (nSPS) is 19.6. The van der Waals surface area contributed by atoms with Gasteiger partial charge in [0, 0.05) is 44.0 Å². The van der Waals surface area contributed by atoms with E-state index in [-0.39, 0.29) is 22.5 Å². The number of carbonyl (C=O) groups excluding carboxylic acids is 1. The molecule has 2 heterocycles. The van der Waals surface area contributed by atoms with Gasteiger partial charge in [-0.2, -0.15) is 0 Å². The van der Waals surface area contributed by atoms with Gasteiger partial charge in [0.1, 0.15) is 11.3 Å². The van der Waals surface area contributed by atoms with Gasteiger partial charge in [0.25, 0.3) is 10.0 Å². The number of likely N-dealkylation sites (N-methyl/N-ethyl adjacent to an activating group) is 1. The fraction of sp³-hybridized carbons (Fsp3) is 0.522. The van der Waals surface area contributed by atoms with Gasteiger partial charge in [0.05, 0.1) is 7.11 Å². The molecule has 0 spiro atoms. The number of benzene rings is 1. The lowest BCUT2D eigenvalue weighted by atomic mass is 9.84. The van der Waals surface area contributed by atoms with E-state index in [1.54, 1.807) is 6.92 Å². The van der Waals surface area contributed by atoms with Crippen molar-refractivity contribution >= 4 is 21.7 Å². The zero-order chi connectivity index (χ0) is 23.0. The molecule has 1 N–H and O–H groups in total. The Hall–Kier alpha value is -2.36. The second-order valence-corrected chi connectivity index (χ2v) is 10.4. The molecule has 4 rings (SSSR count). The fourth-order valence-corrected chi connectivity index (χ4v) is 5.93. The predicted molar refractivity (Wildman–Crippen MR) is 122 cm³/mol. The SMILES string of the molecule is COC(=O)c1cc(S(=O)(=O)N[C@@H]2CCc3c(C)ccc(N4CCN(C)CC4)c3C2)oc1C. The molecule has 1 atom stereocenters. The molecule has 2 aromatic rings. The summed E-state index contributed by atoms with van der Waals surface area (Å²) in [6.07, 6.45) is 2.16. The number of nitrogens with zero attached hydrogens (tertiary/aromatic N) is 2. The molecule has 174 valence electrons. The highest BCUT2D eigenvalue weighted by Gasteiger charge is 2.31. The first-order chi connectivity index (χ1) is 15.2. The number of carbonyl (C=O) groups is 1. The summed E-state index contributed by atoms with van der Waals surface area (Å²) in [5.74, 6) is -0.397. The lowest BCUT2D eigenvalue weighted by molar-refractivity contribution is 0.0598. The summed E-state index contributed by atoms with van der Waals surface area (Å²) in [5.41, 5.74) is 5.15. The van der Waals surface area contributed by atoms with Crippen molar-refractivity contribution < 1.29 is 22.4 Å². The predicted octanol–water partition coefficient (Wildman–Crippen LogP) is 2.27. The lowest BCUT2D eigenvalue weighted by Crippen LogP contribution is -2.45. The van der Waals surface area contributed by atoms with Gasteiger partial charge in [-0.15, -0.1) is 0 Å². The van der Waals surface area contributed by atoms with Crippen molar-refractivity contribution in [3.05, 3.63) is 46.2 Å². The van der Waals surface area contributed by atoms with Gasteiger partial charge in [-0.25, -0.2) is 17.9 Å². The third kappa shape index (κ3) is 4.42. The van der Waals surface area contributed by atoms with Crippen LogP contribution in [0.3, 0.4) is 0 Å². The number of fused-ring (bicyclic) bond motifs is 1. The van der Waals surface area contributed by atoms with E-state index in [1.807, 2.05) is 0 Å². The van der Waals surface area contributed by atoms with Gasteiger partial charge in [-0.3, -0.25) is 0 Å². The number of hydrogen-bond donors (Lipinski definition) is 1. The van der Waals surface area contributed by atoms with Gasteiger partial charge in [0.15, 0.2) is 0 Å². The van der Waals surface area contributed by atoms with Crippen LogP contribution >= 0.6 is 0 Å². The van der Waals surface area contributed by atoms with Crippen LogP contribution in [0, 0.1) is 13.8 Å². The van der Waals surface area contributed by atoms with Crippen LogP contribution in [0.25, 0.3) is 0 Å². The minimum atomic E-state index is -3.91. The minimum Gasteiger partial charge on any atom is -0.465 e. The van der Waals surface area contributed by atoms with Crippen LogP contribution in [0.2, 0.25) is 0 Å². The maximum Gasteiger partial charge on any atom is 0.341 e. The van der Waals surface area contributed by atoms with E-state index < -0.39 is 16.0 Å². The van der Waals surface area contributed by atoms with Gasteiger partial charge in [-0.05, 0) is 62.9 Å². The first-order valence-electron chi connectivity index (χ1n) is 11.0. The van der Waals surface area contributed by atoms with E-state index >= 15 is 0 Å². The number of hydrogen-bond acceptors (Lipinski definition) is 7. The highest BCUT2D eigenvalue weighted by atomic mass is 32.2. The van der Waals surface area contributed by atoms with Gasteiger partial charge >= 0.3 is 5.97 Å². The Balaban J connectivity index is 1.57. The van der Waals surface area contributed by atoms with Crippen LogP contribution < -0.4 is 9.62 Å². The molecule has 1 fully saturated rings. The van der Waals surface area contributed by atoms with Crippen molar-refractivity contribution in [2.75, 3.05) is 45.2 Å². The fourth-order valence-electron chi connectivity index (χ4n) is 4.66. The summed E-state index contributed by atoms with van der Waals surface area (Å²) in [4.78, 5) is 16.6. The number of aryl methyl sites for hydroxylation is 2. The summed E-state index contributed by atoms with van der Waals surface area (Å²) in [6, 6.07) is 5.35. The third-order valence-electron chi connectivity index (χ3n) is 6.57. The van der Waals surface area contributed by atoms with E-state index in [2.05, 4.69) is 40.6 Å². The Bertz CT molecular complexity index is 1120. The molecule has 9 heteroatoms. The van der Waals surface area contributed by atoms with Crippen LogP contribution in [-0.4, -0.2) is 65.7 Å². The average molecular weight is 462 g/mol. The quantitative estimate of drug-likeness (QED) is 0.683. The summed E-state index contributed by atoms with van der Waals surface area (Å²) >= 11 is 0. The van der Waals surface area contributed by atoms with E-state index in [4.69, 9.17) is 9.15 Å². The molecule has 1 aliphatic heterocycles. The van der Waals surface area contributed by atoms with Crippen LogP contribution in [0.15, 0.2) is 27.7 Å². The van der Waals surface area contributed by atoms with Crippen molar-refractivity contribution in [3.8, 4) is 0 Å². The third-order valence-corrected chi connectivity index (χ3v) is 7.94. The molecule has 0 bridgehead atoms. The number of anilines is 1. The highest BCUT2D eigenvalue weighted by Crippen LogP contribution is 2.34. The monoisotopic (exact) mass is 461 g/mol. The second-order valence-electron chi connectivity index (χ2n) is 8.74. The summed E-state index contributed by atoms with van der Waals surface area (Å²) in [7, 11) is -0.521. The molecule has 0 unspecified atom stereocenters. The van der Waals surface area contributed by atoms with Crippen LogP contribution in [-0.2, 0) is 27.6 Å². The highest BCUT2D eigenvalue weighted by molar-refractivity contribution is 7.89. The molecule has 1 aromatic carbocycles. The second kappa shape index (κ2) is 8.88. The Morgan fingerprint density at radius 2 is 1.88 bits per heavy atom. The summed E-state index contributed by atoms with van der Waals surface area (Å²) in [6.45, 7) is 7.62. The Morgan fingerprint density at radius 3 is 2.56 bits per heavy atom. The van der Waals surface area contributed by atoms with Crippen LogP contribution in [0.4, 0.5) is 5.69 Å². The number of rotatable bonds is 5. The van der Waals surface area contributed by atoms with Crippen molar-refractivity contribution in [3.63, 3.8) is 0 Å². The molecular weight excluding hydrogens is 430 g/mol. The maximum atomic E-state index is 13.0. The largest absolute Gasteiger partial charge is 0.465 e. The molecular formula is C23H31N3O5S. The number of methoxy groups -OCH3 is 1. The first-order valence-corrected chi connectivity index (χ1v) is 12.4. The number of ether oxygens (including phenoxy) is 1. The van der Waals surface area contributed by atoms with Crippen LogP contribution in [0.1, 0.15) is 39.2 Å². The van der Waals surface area contributed by atoms with Crippen molar-refractivity contribution in [2.24, 2.45) is 0 Å². The van der Waals surface area contributed by atoms with Gasteiger partial charge in [0.2, 0.25) is 5.09 Å². The molecule has 2 aliphatic rings. The molecule has 0 radical (unpaired) electrons. The molecule has 1 aliphatic carbocycles. The standard InChI is InChI=1S/C23H31N3O5S/c1-15-5-8-21(26-11-9-25(3)10-12-26)20-13-17(6-7-18(15)20)24-32(28,29)22-14-19(16(2)31-22)23(27)30-4/h5,8,14,17,24H,6-7,9-13H2,1-4H3/t17-/m1/s1. The summed E-state index contributed by atoms with van der Waals surface area (Å²) < 4.78 is 38.9.